The fourth-order valence-electron chi connectivity index (χ4n) is 2.68. The molecule has 0 saturated heterocycles. The summed E-state index contributed by atoms with van der Waals surface area (Å²) in [4.78, 5) is 22.8. The molecule has 7 nitrogen and oxygen atoms in total. The first-order valence-corrected chi connectivity index (χ1v) is 9.22. The molecule has 1 aliphatic rings. The van der Waals surface area contributed by atoms with Crippen LogP contribution in [0.3, 0.4) is 0 Å². The molecule has 0 heterocycles. The zero-order valence-electron chi connectivity index (χ0n) is 13.4. The van der Waals surface area contributed by atoms with E-state index in [-0.39, 0.29) is 0 Å². The molecule has 0 aromatic carbocycles. The molecule has 0 unspecified atom stereocenters. The first-order valence-electron chi connectivity index (χ1n) is 7.78. The van der Waals surface area contributed by atoms with Crippen molar-refractivity contribution < 1.29 is 40.8 Å². The maximum Gasteiger partial charge on any atom is 0.465 e. The minimum atomic E-state index is -5.96. The fourth-order valence-corrected chi connectivity index (χ4v) is 2.95. The highest BCUT2D eigenvalue weighted by Gasteiger charge is 2.54. The third kappa shape index (κ3) is 5.37. The van der Waals surface area contributed by atoms with Gasteiger partial charge in [0.2, 0.25) is 0 Å². The lowest BCUT2D eigenvalue weighted by Gasteiger charge is -2.36. The molecule has 0 aromatic rings. The number of halogens is 2. The van der Waals surface area contributed by atoms with E-state index in [1.54, 1.807) is 0 Å². The molecule has 1 rings (SSSR count). The summed E-state index contributed by atoms with van der Waals surface area (Å²) >= 11 is 0. The Morgan fingerprint density at radius 3 is 2.29 bits per heavy atom. The summed E-state index contributed by atoms with van der Waals surface area (Å²) in [5, 5.41) is -5.13. The van der Waals surface area contributed by atoms with E-state index in [1.165, 1.54) is 0 Å². The summed E-state index contributed by atoms with van der Waals surface area (Å²) < 4.78 is 64.5. The highest BCUT2D eigenvalue weighted by Crippen LogP contribution is 2.36. The molecule has 1 aliphatic carbocycles. The molecule has 0 bridgehead atoms. The van der Waals surface area contributed by atoms with E-state index in [1.807, 2.05) is 6.92 Å². The van der Waals surface area contributed by atoms with Crippen LogP contribution in [0.4, 0.5) is 8.78 Å². The van der Waals surface area contributed by atoms with Gasteiger partial charge in [-0.1, -0.05) is 19.8 Å². The Labute approximate surface area is 139 Å². The van der Waals surface area contributed by atoms with Crippen LogP contribution >= 0.6 is 0 Å². The molecule has 24 heavy (non-hydrogen) atoms. The highest BCUT2D eigenvalue weighted by molar-refractivity contribution is 7.87. The van der Waals surface area contributed by atoms with Crippen molar-refractivity contribution in [2.45, 2.75) is 69.1 Å². The van der Waals surface area contributed by atoms with Gasteiger partial charge in [-0.3, -0.25) is 4.55 Å². The van der Waals surface area contributed by atoms with Crippen molar-refractivity contribution in [1.29, 1.82) is 0 Å². The molecule has 1 fully saturated rings. The second kappa shape index (κ2) is 8.19. The monoisotopic (exact) mass is 372 g/mol. The number of unbranched alkanes of at least 4 members (excludes halogenated alkanes) is 1. The molecule has 0 amide bonds. The molecular weight excluding hydrogens is 350 g/mol. The first-order chi connectivity index (χ1) is 11.0. The Kier molecular flexibility index (Phi) is 7.09. The first kappa shape index (κ1) is 20.8. The normalized spacial score (nSPS) is 18.0. The van der Waals surface area contributed by atoms with Crippen LogP contribution in [0, 0.1) is 0 Å². The van der Waals surface area contributed by atoms with Crippen molar-refractivity contribution in [3.63, 3.8) is 0 Å². The Balaban J connectivity index is 2.62. The maximum absolute atomic E-state index is 13.0. The summed E-state index contributed by atoms with van der Waals surface area (Å²) in [5.41, 5.74) is -0.691. The fraction of sp³-hybridized carbons (Fsp3) is 0.857. The Morgan fingerprint density at radius 2 is 1.79 bits per heavy atom. The van der Waals surface area contributed by atoms with Crippen molar-refractivity contribution in [3.05, 3.63) is 0 Å². The van der Waals surface area contributed by atoms with E-state index in [9.17, 15) is 26.8 Å². The molecule has 140 valence electrons. The Morgan fingerprint density at radius 1 is 1.21 bits per heavy atom. The number of hydrogen-bond donors (Lipinski definition) is 1. The highest BCUT2D eigenvalue weighted by atomic mass is 32.2. The average molecular weight is 372 g/mol. The average Bonchev–Trinajstić information content (AvgIpc) is 2.50. The van der Waals surface area contributed by atoms with E-state index in [4.69, 9.17) is 9.29 Å². The van der Waals surface area contributed by atoms with Crippen LogP contribution in [-0.2, 0) is 29.2 Å². The predicted molar refractivity (Wildman–Crippen MR) is 78.9 cm³/mol. The number of ether oxygens (including phenoxy) is 2. The zero-order valence-corrected chi connectivity index (χ0v) is 14.2. The molecule has 0 radical (unpaired) electrons. The van der Waals surface area contributed by atoms with Crippen LogP contribution in [0.1, 0.15) is 58.3 Å². The number of alkyl halides is 2. The van der Waals surface area contributed by atoms with Gasteiger partial charge in [0, 0.05) is 0 Å². The quantitative estimate of drug-likeness (QED) is 0.515. The standard InChI is InChI=1S/C14H22F2O7S/c1-2-3-7-13(8-5-4-6-9-13)23-11(17)10-22-12(18)14(15,16)24(19,20)21/h2-10H2,1H3,(H,19,20,21). The lowest BCUT2D eigenvalue weighted by molar-refractivity contribution is -0.179. The number of rotatable bonds is 8. The van der Waals surface area contributed by atoms with E-state index in [0.29, 0.717) is 19.3 Å². The number of carbonyl (C=O) groups excluding carboxylic acids is 2. The second-order valence-electron chi connectivity index (χ2n) is 5.89. The summed E-state index contributed by atoms with van der Waals surface area (Å²) in [6, 6.07) is 0. The van der Waals surface area contributed by atoms with Gasteiger partial charge in [-0.05, 0) is 38.5 Å². The molecule has 0 aliphatic heterocycles. The molecule has 10 heteroatoms. The Bertz CT molecular complexity index is 553. The second-order valence-corrected chi connectivity index (χ2v) is 7.35. The predicted octanol–water partition coefficient (Wildman–Crippen LogP) is 2.45. The van der Waals surface area contributed by atoms with Gasteiger partial charge < -0.3 is 9.47 Å². The largest absolute Gasteiger partial charge is 0.465 e. The minimum Gasteiger partial charge on any atom is -0.457 e. The van der Waals surface area contributed by atoms with Gasteiger partial charge in [0.25, 0.3) is 0 Å². The van der Waals surface area contributed by atoms with Gasteiger partial charge in [-0.15, -0.1) is 0 Å². The lowest BCUT2D eigenvalue weighted by Crippen LogP contribution is -2.41. The summed E-state index contributed by atoms with van der Waals surface area (Å²) in [7, 11) is -5.96. The van der Waals surface area contributed by atoms with Crippen LogP contribution in [0.15, 0.2) is 0 Å². The zero-order chi connectivity index (χ0) is 18.4. The summed E-state index contributed by atoms with van der Waals surface area (Å²) in [6.07, 6.45) is 6.41. The topological polar surface area (TPSA) is 107 Å². The third-order valence-corrected chi connectivity index (χ3v) is 4.78. The van der Waals surface area contributed by atoms with Gasteiger partial charge >= 0.3 is 27.3 Å². The minimum absolute atomic E-state index is 0.629. The van der Waals surface area contributed by atoms with Crippen molar-refractivity contribution in [3.8, 4) is 0 Å². The van der Waals surface area contributed by atoms with Crippen LogP contribution in [-0.4, -0.2) is 42.4 Å². The van der Waals surface area contributed by atoms with Gasteiger partial charge in [0.15, 0.2) is 6.61 Å². The summed E-state index contributed by atoms with van der Waals surface area (Å²) in [6.45, 7) is 0.843. The van der Waals surface area contributed by atoms with Crippen LogP contribution in [0.2, 0.25) is 0 Å². The van der Waals surface area contributed by atoms with E-state index in [0.717, 1.165) is 32.1 Å². The van der Waals surface area contributed by atoms with Gasteiger partial charge in [0.05, 0.1) is 0 Å². The molecule has 0 aromatic heterocycles. The molecule has 0 atom stereocenters. The lowest BCUT2D eigenvalue weighted by atomic mass is 9.81. The van der Waals surface area contributed by atoms with Gasteiger partial charge in [-0.2, -0.15) is 17.2 Å². The van der Waals surface area contributed by atoms with Crippen LogP contribution in [0.25, 0.3) is 0 Å². The molecule has 1 saturated carbocycles. The number of hydrogen-bond acceptors (Lipinski definition) is 6. The number of esters is 2. The summed E-state index contributed by atoms with van der Waals surface area (Å²) in [5.74, 6) is -3.54. The van der Waals surface area contributed by atoms with Crippen molar-refractivity contribution in [2.24, 2.45) is 0 Å². The van der Waals surface area contributed by atoms with E-state index < -0.39 is 39.5 Å². The number of carbonyl (C=O) groups is 2. The molecule has 1 N–H and O–H groups in total. The molecule has 0 spiro atoms. The van der Waals surface area contributed by atoms with Crippen molar-refractivity contribution >= 4 is 22.1 Å². The SMILES string of the molecule is CCCCC1(OC(=O)COC(=O)C(F)(F)S(=O)(=O)O)CCCCC1. The third-order valence-electron chi connectivity index (χ3n) is 3.96. The Hall–Kier alpha value is -1.29. The smallest absolute Gasteiger partial charge is 0.457 e. The van der Waals surface area contributed by atoms with Gasteiger partial charge in [-0.25, -0.2) is 9.59 Å². The van der Waals surface area contributed by atoms with Crippen LogP contribution < -0.4 is 0 Å². The van der Waals surface area contributed by atoms with Crippen LogP contribution in [0.5, 0.6) is 0 Å². The van der Waals surface area contributed by atoms with E-state index >= 15 is 0 Å². The maximum atomic E-state index is 13.0. The van der Waals surface area contributed by atoms with E-state index in [2.05, 4.69) is 4.74 Å². The van der Waals surface area contributed by atoms with Crippen molar-refractivity contribution in [2.75, 3.05) is 6.61 Å². The molecular formula is C14H22F2O7S. The van der Waals surface area contributed by atoms with Gasteiger partial charge in [0.1, 0.15) is 5.60 Å². The van der Waals surface area contributed by atoms with Crippen molar-refractivity contribution in [1.82, 2.24) is 0 Å².